The molecule has 0 fully saturated rings. The van der Waals surface area contributed by atoms with Crippen LogP contribution in [-0.2, 0) is 6.42 Å². The zero-order valence-electron chi connectivity index (χ0n) is 13.3. The zero-order valence-corrected chi connectivity index (χ0v) is 13.3. The highest BCUT2D eigenvalue weighted by Gasteiger charge is 2.19. The summed E-state index contributed by atoms with van der Waals surface area (Å²) in [5, 5.41) is 9.55. The molecule has 0 saturated carbocycles. The van der Waals surface area contributed by atoms with Gasteiger partial charge < -0.3 is 5.73 Å². The lowest BCUT2D eigenvalue weighted by Gasteiger charge is -2.17. The molecule has 0 unspecified atom stereocenters. The molecule has 4 heteroatoms. The van der Waals surface area contributed by atoms with Crippen LogP contribution in [-0.4, -0.2) is 4.98 Å². The molecule has 3 aromatic rings. The van der Waals surface area contributed by atoms with Gasteiger partial charge >= 0.3 is 0 Å². The van der Waals surface area contributed by atoms with Gasteiger partial charge in [-0.2, -0.15) is 5.26 Å². The Hall–Kier alpha value is -3.19. The zero-order chi connectivity index (χ0) is 17.1. The first kappa shape index (κ1) is 15.7. The molecule has 0 radical (unpaired) electrons. The molecular formula is C20H16FN3. The fourth-order valence-electron chi connectivity index (χ4n) is 2.87. The summed E-state index contributed by atoms with van der Waals surface area (Å²) < 4.78 is 13.3. The van der Waals surface area contributed by atoms with Gasteiger partial charge in [0.2, 0.25) is 0 Å². The molecule has 1 heterocycles. The van der Waals surface area contributed by atoms with Crippen molar-refractivity contribution < 1.29 is 4.39 Å². The van der Waals surface area contributed by atoms with Gasteiger partial charge in [0.25, 0.3) is 0 Å². The van der Waals surface area contributed by atoms with Gasteiger partial charge in [-0.05, 0) is 29.7 Å². The maximum Gasteiger partial charge on any atom is 0.142 e. The second-order valence-corrected chi connectivity index (χ2v) is 5.41. The number of hydrogen-bond donors (Lipinski definition) is 1. The average Bonchev–Trinajstić information content (AvgIpc) is 2.62. The summed E-state index contributed by atoms with van der Waals surface area (Å²) in [6.07, 6.45) is 0.679. The second kappa shape index (κ2) is 6.51. The second-order valence-electron chi connectivity index (χ2n) is 5.41. The fourth-order valence-corrected chi connectivity index (χ4v) is 2.87. The van der Waals surface area contributed by atoms with Gasteiger partial charge in [0.1, 0.15) is 23.3 Å². The summed E-state index contributed by atoms with van der Waals surface area (Å²) in [5.74, 6) is -0.131. The number of rotatable bonds is 3. The van der Waals surface area contributed by atoms with E-state index in [4.69, 9.17) is 5.73 Å². The van der Waals surface area contributed by atoms with E-state index in [-0.39, 0.29) is 11.6 Å². The SMILES string of the molecule is CCc1c(-c2ccccc2)nc(N)c(C#N)c1-c1ccc(F)cc1. The number of aromatic nitrogens is 1. The van der Waals surface area contributed by atoms with E-state index in [1.807, 2.05) is 37.3 Å². The highest BCUT2D eigenvalue weighted by atomic mass is 19.1. The lowest BCUT2D eigenvalue weighted by atomic mass is 9.90. The van der Waals surface area contributed by atoms with E-state index < -0.39 is 0 Å². The summed E-state index contributed by atoms with van der Waals surface area (Å²) in [6.45, 7) is 2.01. The lowest BCUT2D eigenvalue weighted by Crippen LogP contribution is -2.05. The van der Waals surface area contributed by atoms with Gasteiger partial charge in [-0.25, -0.2) is 9.37 Å². The minimum Gasteiger partial charge on any atom is -0.383 e. The molecule has 118 valence electrons. The molecule has 2 aromatic carbocycles. The Balaban J connectivity index is 2.36. The van der Waals surface area contributed by atoms with Gasteiger partial charge in [0.15, 0.2) is 0 Å². The molecule has 0 bridgehead atoms. The number of hydrogen-bond acceptors (Lipinski definition) is 3. The van der Waals surface area contributed by atoms with Crippen LogP contribution in [0.25, 0.3) is 22.4 Å². The lowest BCUT2D eigenvalue weighted by molar-refractivity contribution is 0.628. The summed E-state index contributed by atoms with van der Waals surface area (Å²) in [6, 6.07) is 18.0. The van der Waals surface area contributed by atoms with Crippen LogP contribution in [0.3, 0.4) is 0 Å². The molecule has 0 atom stereocenters. The summed E-state index contributed by atoms with van der Waals surface area (Å²) in [4.78, 5) is 4.47. The topological polar surface area (TPSA) is 62.7 Å². The average molecular weight is 317 g/mol. The van der Waals surface area contributed by atoms with E-state index >= 15 is 0 Å². The first-order valence-electron chi connectivity index (χ1n) is 7.69. The predicted octanol–water partition coefficient (Wildman–Crippen LogP) is 4.57. The van der Waals surface area contributed by atoms with Crippen molar-refractivity contribution in [3.05, 3.63) is 71.5 Å². The highest BCUT2D eigenvalue weighted by molar-refractivity contribution is 5.84. The van der Waals surface area contributed by atoms with Gasteiger partial charge in [0.05, 0.1) is 5.69 Å². The van der Waals surface area contributed by atoms with Crippen molar-refractivity contribution in [2.75, 3.05) is 5.73 Å². The van der Waals surface area contributed by atoms with Crippen molar-refractivity contribution in [1.82, 2.24) is 4.98 Å². The van der Waals surface area contributed by atoms with Crippen LogP contribution in [0.5, 0.6) is 0 Å². The van der Waals surface area contributed by atoms with Crippen LogP contribution < -0.4 is 5.73 Å². The van der Waals surface area contributed by atoms with E-state index in [0.717, 1.165) is 27.9 Å². The third-order valence-electron chi connectivity index (χ3n) is 3.97. The minimum absolute atomic E-state index is 0.188. The van der Waals surface area contributed by atoms with Crippen LogP contribution in [0, 0.1) is 17.1 Å². The van der Waals surface area contributed by atoms with Crippen LogP contribution in [0.1, 0.15) is 18.1 Å². The normalized spacial score (nSPS) is 10.4. The molecule has 24 heavy (non-hydrogen) atoms. The molecule has 0 amide bonds. The first-order chi connectivity index (χ1) is 11.7. The Kier molecular flexibility index (Phi) is 4.26. The van der Waals surface area contributed by atoms with E-state index in [1.54, 1.807) is 12.1 Å². The minimum atomic E-state index is -0.319. The number of nitrogens with two attached hydrogens (primary N) is 1. The predicted molar refractivity (Wildman–Crippen MR) is 93.6 cm³/mol. The smallest absolute Gasteiger partial charge is 0.142 e. The molecule has 2 N–H and O–H groups in total. The number of benzene rings is 2. The van der Waals surface area contributed by atoms with E-state index in [2.05, 4.69) is 11.1 Å². The molecular weight excluding hydrogens is 301 g/mol. The highest BCUT2D eigenvalue weighted by Crippen LogP contribution is 2.36. The first-order valence-corrected chi connectivity index (χ1v) is 7.69. The summed E-state index contributed by atoms with van der Waals surface area (Å²) in [7, 11) is 0. The Morgan fingerprint density at radius 2 is 1.71 bits per heavy atom. The third-order valence-corrected chi connectivity index (χ3v) is 3.97. The summed E-state index contributed by atoms with van der Waals surface area (Å²) in [5.41, 5.74) is 10.5. The third kappa shape index (κ3) is 2.72. The Morgan fingerprint density at radius 1 is 1.04 bits per heavy atom. The fraction of sp³-hybridized carbons (Fsp3) is 0.100. The van der Waals surface area contributed by atoms with Crippen LogP contribution in [0.2, 0.25) is 0 Å². The summed E-state index contributed by atoms with van der Waals surface area (Å²) >= 11 is 0. The van der Waals surface area contributed by atoms with E-state index in [0.29, 0.717) is 12.0 Å². The van der Waals surface area contributed by atoms with Crippen LogP contribution in [0.4, 0.5) is 10.2 Å². The maximum absolute atomic E-state index is 13.3. The standard InChI is InChI=1S/C20H16FN3/c1-2-16-18(13-8-10-15(21)11-9-13)17(12-22)20(23)24-19(16)14-6-4-3-5-7-14/h3-11H,2H2,1H3,(H2,23,24). The van der Waals surface area contributed by atoms with E-state index in [9.17, 15) is 9.65 Å². The number of nitrogens with zero attached hydrogens (tertiary/aromatic N) is 2. The Bertz CT molecular complexity index is 910. The van der Waals surface area contributed by atoms with Crippen molar-refractivity contribution in [2.24, 2.45) is 0 Å². The molecule has 3 rings (SSSR count). The molecule has 0 saturated heterocycles. The Labute approximate surface area is 140 Å². The van der Waals surface area contributed by atoms with Crippen molar-refractivity contribution in [3.8, 4) is 28.5 Å². The number of nitrogen functional groups attached to an aromatic ring is 1. The van der Waals surface area contributed by atoms with Crippen molar-refractivity contribution in [3.63, 3.8) is 0 Å². The maximum atomic E-state index is 13.3. The molecule has 1 aromatic heterocycles. The number of pyridine rings is 1. The molecule has 0 aliphatic heterocycles. The molecule has 0 aliphatic carbocycles. The van der Waals surface area contributed by atoms with E-state index in [1.165, 1.54) is 12.1 Å². The number of nitriles is 1. The quantitative estimate of drug-likeness (QED) is 0.769. The van der Waals surface area contributed by atoms with Crippen molar-refractivity contribution in [2.45, 2.75) is 13.3 Å². The van der Waals surface area contributed by atoms with Gasteiger partial charge in [-0.1, -0.05) is 49.4 Å². The van der Waals surface area contributed by atoms with Gasteiger partial charge in [-0.3, -0.25) is 0 Å². The largest absolute Gasteiger partial charge is 0.383 e. The molecule has 0 spiro atoms. The molecule has 3 nitrogen and oxygen atoms in total. The van der Waals surface area contributed by atoms with Gasteiger partial charge in [0, 0.05) is 11.1 Å². The number of anilines is 1. The van der Waals surface area contributed by atoms with Crippen molar-refractivity contribution >= 4 is 5.82 Å². The van der Waals surface area contributed by atoms with Crippen LogP contribution >= 0.6 is 0 Å². The number of halogens is 1. The molecule has 0 aliphatic rings. The van der Waals surface area contributed by atoms with Gasteiger partial charge in [-0.15, -0.1) is 0 Å². The van der Waals surface area contributed by atoms with Crippen molar-refractivity contribution in [1.29, 1.82) is 5.26 Å². The Morgan fingerprint density at radius 3 is 2.29 bits per heavy atom. The monoisotopic (exact) mass is 317 g/mol. The van der Waals surface area contributed by atoms with Crippen LogP contribution in [0.15, 0.2) is 54.6 Å².